The normalized spacial score (nSPS) is 18.8. The minimum absolute atomic E-state index is 0.0911. The van der Waals surface area contributed by atoms with E-state index in [0.29, 0.717) is 34.9 Å². The van der Waals surface area contributed by atoms with Crippen molar-refractivity contribution in [2.75, 3.05) is 16.8 Å². The maximum absolute atomic E-state index is 12.7. The third kappa shape index (κ3) is 4.05. The van der Waals surface area contributed by atoms with Crippen molar-refractivity contribution < 1.29 is 14.1 Å². The van der Waals surface area contributed by atoms with E-state index in [9.17, 15) is 9.59 Å². The second-order valence-corrected chi connectivity index (χ2v) is 8.48. The van der Waals surface area contributed by atoms with Crippen LogP contribution in [0.2, 0.25) is 5.02 Å². The molecule has 2 aromatic carbocycles. The number of halogens is 1. The Morgan fingerprint density at radius 3 is 2.77 bits per heavy atom. The molecule has 0 spiro atoms. The first-order valence-electron chi connectivity index (χ1n) is 10.4. The topological polar surface area (TPSA) is 88.3 Å². The van der Waals surface area contributed by atoms with E-state index in [1.165, 1.54) is 6.42 Å². The first-order chi connectivity index (χ1) is 15.1. The predicted octanol–water partition coefficient (Wildman–Crippen LogP) is 4.65. The summed E-state index contributed by atoms with van der Waals surface area (Å²) in [5, 5.41) is 7.50. The summed E-state index contributed by atoms with van der Waals surface area (Å²) in [5.41, 5.74) is 2.12. The van der Waals surface area contributed by atoms with Crippen LogP contribution in [0.3, 0.4) is 0 Å². The maximum Gasteiger partial charge on any atom is 0.230 e. The van der Waals surface area contributed by atoms with E-state index in [0.717, 1.165) is 24.1 Å². The van der Waals surface area contributed by atoms with Gasteiger partial charge in [0.25, 0.3) is 0 Å². The minimum atomic E-state index is -0.439. The van der Waals surface area contributed by atoms with Gasteiger partial charge in [0.05, 0.1) is 5.92 Å². The molecule has 5 rings (SSSR count). The van der Waals surface area contributed by atoms with Gasteiger partial charge in [-0.15, -0.1) is 0 Å². The Bertz CT molecular complexity index is 1140. The van der Waals surface area contributed by atoms with Gasteiger partial charge in [-0.25, -0.2) is 0 Å². The van der Waals surface area contributed by atoms with Crippen LogP contribution in [-0.2, 0) is 9.59 Å². The Labute approximate surface area is 184 Å². The lowest BCUT2D eigenvalue weighted by atomic mass is 9.85. The molecule has 8 heteroatoms. The van der Waals surface area contributed by atoms with Gasteiger partial charge in [-0.3, -0.25) is 9.59 Å². The Hall–Kier alpha value is -3.19. The molecule has 0 radical (unpaired) electrons. The second kappa shape index (κ2) is 8.15. The molecule has 1 saturated heterocycles. The number of benzene rings is 2. The third-order valence-electron chi connectivity index (χ3n) is 5.90. The van der Waals surface area contributed by atoms with Crippen molar-refractivity contribution in [1.29, 1.82) is 0 Å². The number of rotatable bonds is 5. The highest BCUT2D eigenvalue weighted by Gasteiger charge is 2.35. The number of aromatic nitrogens is 2. The molecule has 2 fully saturated rings. The maximum atomic E-state index is 12.7. The van der Waals surface area contributed by atoms with Gasteiger partial charge in [0.1, 0.15) is 0 Å². The van der Waals surface area contributed by atoms with Crippen LogP contribution in [0.5, 0.6) is 0 Å². The van der Waals surface area contributed by atoms with E-state index >= 15 is 0 Å². The molecule has 2 aliphatic rings. The molecule has 31 heavy (non-hydrogen) atoms. The van der Waals surface area contributed by atoms with Crippen molar-refractivity contribution in [2.24, 2.45) is 5.92 Å². The van der Waals surface area contributed by atoms with Crippen LogP contribution in [-0.4, -0.2) is 28.5 Å². The predicted molar refractivity (Wildman–Crippen MR) is 117 cm³/mol. The molecule has 1 aromatic heterocycles. The lowest BCUT2D eigenvalue weighted by Gasteiger charge is -2.20. The van der Waals surface area contributed by atoms with Gasteiger partial charge in [0.2, 0.25) is 23.5 Å². The zero-order chi connectivity index (χ0) is 21.4. The number of anilines is 2. The molecule has 0 unspecified atom stereocenters. The van der Waals surface area contributed by atoms with Crippen molar-refractivity contribution in [3.63, 3.8) is 0 Å². The van der Waals surface area contributed by atoms with Gasteiger partial charge in [-0.2, -0.15) is 4.98 Å². The van der Waals surface area contributed by atoms with Crippen LogP contribution < -0.4 is 10.2 Å². The molecule has 1 atom stereocenters. The molecule has 7 nitrogen and oxygen atoms in total. The fourth-order valence-electron chi connectivity index (χ4n) is 3.93. The summed E-state index contributed by atoms with van der Waals surface area (Å²) in [4.78, 5) is 31.5. The van der Waals surface area contributed by atoms with E-state index in [1.807, 2.05) is 24.3 Å². The van der Waals surface area contributed by atoms with E-state index < -0.39 is 5.92 Å². The van der Waals surface area contributed by atoms with Crippen LogP contribution in [0.4, 0.5) is 11.4 Å². The standard InChI is InChI=1S/C23H21ClN4O3/c24-17-7-3-8-18(12-17)25-22(30)16-11-20(29)28(13-16)19-9-2-6-15(10-19)21-26-23(31-27-21)14-4-1-5-14/h2-3,6-10,12,14,16H,1,4-5,11,13H2,(H,25,30)/t16-/m0/s1. The quantitative estimate of drug-likeness (QED) is 0.629. The summed E-state index contributed by atoms with van der Waals surface area (Å²) >= 11 is 5.98. The van der Waals surface area contributed by atoms with Crippen LogP contribution in [0, 0.1) is 5.92 Å². The van der Waals surface area contributed by atoms with Crippen LogP contribution in [0.1, 0.15) is 37.5 Å². The van der Waals surface area contributed by atoms with Gasteiger partial charge in [-0.1, -0.05) is 41.4 Å². The molecular formula is C23H21ClN4O3. The average molecular weight is 437 g/mol. The summed E-state index contributed by atoms with van der Waals surface area (Å²) in [7, 11) is 0. The molecule has 1 aliphatic heterocycles. The van der Waals surface area contributed by atoms with Crippen molar-refractivity contribution >= 4 is 34.8 Å². The fourth-order valence-corrected chi connectivity index (χ4v) is 4.12. The molecule has 0 bridgehead atoms. The second-order valence-electron chi connectivity index (χ2n) is 8.04. The molecule has 1 saturated carbocycles. The molecule has 2 heterocycles. The molecule has 1 N–H and O–H groups in total. The van der Waals surface area contributed by atoms with Crippen LogP contribution >= 0.6 is 11.6 Å². The summed E-state index contributed by atoms with van der Waals surface area (Å²) < 4.78 is 5.42. The Morgan fingerprint density at radius 1 is 1.16 bits per heavy atom. The summed E-state index contributed by atoms with van der Waals surface area (Å²) in [6.45, 7) is 0.314. The van der Waals surface area contributed by atoms with E-state index in [1.54, 1.807) is 29.2 Å². The number of amides is 2. The highest BCUT2D eigenvalue weighted by atomic mass is 35.5. The SMILES string of the molecule is O=C(Nc1cccc(Cl)c1)[C@H]1CC(=O)N(c2cccc(-c3noc(C4CCC4)n3)c2)C1. The van der Waals surface area contributed by atoms with Gasteiger partial charge in [0, 0.05) is 40.8 Å². The lowest BCUT2D eigenvalue weighted by molar-refractivity contribution is -0.122. The highest BCUT2D eigenvalue weighted by molar-refractivity contribution is 6.30. The highest BCUT2D eigenvalue weighted by Crippen LogP contribution is 2.36. The summed E-state index contributed by atoms with van der Waals surface area (Å²) in [6.07, 6.45) is 3.52. The van der Waals surface area contributed by atoms with Crippen molar-refractivity contribution in [3.05, 3.63) is 59.4 Å². The van der Waals surface area contributed by atoms with Crippen molar-refractivity contribution in [1.82, 2.24) is 10.1 Å². The number of nitrogens with one attached hydrogen (secondary N) is 1. The lowest BCUT2D eigenvalue weighted by Crippen LogP contribution is -2.28. The van der Waals surface area contributed by atoms with Crippen LogP contribution in [0.25, 0.3) is 11.4 Å². The first kappa shape index (κ1) is 19.8. The van der Waals surface area contributed by atoms with E-state index in [-0.39, 0.29) is 18.2 Å². The number of carbonyl (C=O) groups excluding carboxylic acids is 2. The van der Waals surface area contributed by atoms with Gasteiger partial charge in [-0.05, 0) is 43.2 Å². The number of nitrogens with zero attached hydrogens (tertiary/aromatic N) is 3. The molecule has 3 aromatic rings. The van der Waals surface area contributed by atoms with Crippen molar-refractivity contribution in [2.45, 2.75) is 31.6 Å². The van der Waals surface area contributed by atoms with E-state index in [4.69, 9.17) is 16.1 Å². The third-order valence-corrected chi connectivity index (χ3v) is 6.14. The fraction of sp³-hybridized carbons (Fsp3) is 0.304. The summed E-state index contributed by atoms with van der Waals surface area (Å²) in [6, 6.07) is 14.4. The number of hydrogen-bond donors (Lipinski definition) is 1. The molecular weight excluding hydrogens is 416 g/mol. The Kier molecular flexibility index (Phi) is 5.19. The average Bonchev–Trinajstić information content (AvgIpc) is 3.34. The van der Waals surface area contributed by atoms with Gasteiger partial charge in [0.15, 0.2) is 0 Å². The number of carbonyl (C=O) groups is 2. The van der Waals surface area contributed by atoms with Crippen LogP contribution in [0.15, 0.2) is 53.1 Å². The smallest absolute Gasteiger partial charge is 0.230 e. The number of hydrogen-bond acceptors (Lipinski definition) is 5. The largest absolute Gasteiger partial charge is 0.339 e. The Balaban J connectivity index is 1.30. The molecule has 2 amide bonds. The van der Waals surface area contributed by atoms with Gasteiger partial charge < -0.3 is 14.7 Å². The Morgan fingerprint density at radius 2 is 2.00 bits per heavy atom. The molecule has 1 aliphatic carbocycles. The van der Waals surface area contributed by atoms with Gasteiger partial charge >= 0.3 is 0 Å². The van der Waals surface area contributed by atoms with Crippen molar-refractivity contribution in [3.8, 4) is 11.4 Å². The zero-order valence-electron chi connectivity index (χ0n) is 16.8. The first-order valence-corrected chi connectivity index (χ1v) is 10.8. The monoisotopic (exact) mass is 436 g/mol. The minimum Gasteiger partial charge on any atom is -0.339 e. The molecule has 158 valence electrons. The zero-order valence-corrected chi connectivity index (χ0v) is 17.5. The summed E-state index contributed by atoms with van der Waals surface area (Å²) in [5.74, 6) is 0.838. The van der Waals surface area contributed by atoms with E-state index in [2.05, 4.69) is 15.5 Å².